The Morgan fingerprint density at radius 2 is 2.47 bits per heavy atom. The van der Waals surface area contributed by atoms with Gasteiger partial charge in [-0.2, -0.15) is 5.26 Å². The number of amides is 1. The second-order valence-electron chi connectivity index (χ2n) is 3.55. The zero-order valence-corrected chi connectivity index (χ0v) is 9.47. The van der Waals surface area contributed by atoms with Crippen molar-refractivity contribution in [3.05, 3.63) is 30.1 Å². The van der Waals surface area contributed by atoms with Crippen LogP contribution in [0.5, 0.6) is 0 Å². The number of carbonyl (C=O) groups excluding carboxylic acids is 1. The summed E-state index contributed by atoms with van der Waals surface area (Å²) in [6, 6.07) is 5.81. The molecule has 90 valence electrons. The Kier molecular flexibility index (Phi) is 5.64. The topological polar surface area (TPSA) is 95.0 Å². The van der Waals surface area contributed by atoms with Gasteiger partial charge in [-0.3, -0.25) is 20.1 Å². The highest BCUT2D eigenvalue weighted by Crippen LogP contribution is 2.03. The van der Waals surface area contributed by atoms with Crippen LogP contribution in [-0.4, -0.2) is 28.9 Å². The second kappa shape index (κ2) is 7.33. The van der Waals surface area contributed by atoms with Crippen molar-refractivity contribution in [3.8, 4) is 6.07 Å². The number of hydrazine groups is 1. The zero-order chi connectivity index (χ0) is 12.5. The van der Waals surface area contributed by atoms with Gasteiger partial charge in [-0.15, -0.1) is 0 Å². The first-order valence-electron chi connectivity index (χ1n) is 5.24. The molecule has 0 fully saturated rings. The number of aromatic nitrogens is 1. The lowest BCUT2D eigenvalue weighted by molar-refractivity contribution is -0.122. The van der Waals surface area contributed by atoms with E-state index >= 15 is 0 Å². The lowest BCUT2D eigenvalue weighted by Gasteiger charge is -2.19. The molecule has 0 aliphatic rings. The Labute approximate surface area is 100 Å². The first-order valence-corrected chi connectivity index (χ1v) is 5.24. The highest BCUT2D eigenvalue weighted by molar-refractivity contribution is 5.77. The first kappa shape index (κ1) is 13.1. The van der Waals surface area contributed by atoms with Gasteiger partial charge in [-0.25, -0.2) is 5.84 Å². The summed E-state index contributed by atoms with van der Waals surface area (Å²) in [4.78, 5) is 17.0. The number of nitrogens with one attached hydrogen (secondary N) is 1. The monoisotopic (exact) mass is 233 g/mol. The predicted molar refractivity (Wildman–Crippen MR) is 62.1 cm³/mol. The van der Waals surface area contributed by atoms with Crippen LogP contribution in [-0.2, 0) is 11.3 Å². The van der Waals surface area contributed by atoms with E-state index in [1.807, 2.05) is 17.0 Å². The van der Waals surface area contributed by atoms with E-state index < -0.39 is 0 Å². The van der Waals surface area contributed by atoms with Gasteiger partial charge in [0.1, 0.15) is 0 Å². The van der Waals surface area contributed by atoms with Crippen LogP contribution in [0.2, 0.25) is 0 Å². The molecule has 0 aromatic carbocycles. The SMILES string of the molecule is N#CCCN(CC(=O)NN)Cc1cccnc1. The zero-order valence-electron chi connectivity index (χ0n) is 9.47. The van der Waals surface area contributed by atoms with Crippen LogP contribution in [0.3, 0.4) is 0 Å². The molecule has 0 aliphatic carbocycles. The lowest BCUT2D eigenvalue weighted by atomic mass is 10.2. The van der Waals surface area contributed by atoms with E-state index in [0.717, 1.165) is 5.56 Å². The summed E-state index contributed by atoms with van der Waals surface area (Å²) in [5, 5.41) is 8.56. The van der Waals surface area contributed by atoms with Gasteiger partial charge in [0.25, 0.3) is 0 Å². The minimum Gasteiger partial charge on any atom is -0.293 e. The van der Waals surface area contributed by atoms with Crippen LogP contribution >= 0.6 is 0 Å². The summed E-state index contributed by atoms with van der Waals surface area (Å²) in [5.41, 5.74) is 3.07. The molecule has 1 rings (SSSR count). The van der Waals surface area contributed by atoms with Crippen molar-refractivity contribution >= 4 is 5.91 Å². The van der Waals surface area contributed by atoms with E-state index in [1.54, 1.807) is 12.4 Å². The molecular weight excluding hydrogens is 218 g/mol. The molecule has 0 bridgehead atoms. The smallest absolute Gasteiger partial charge is 0.248 e. The molecule has 3 N–H and O–H groups in total. The maximum Gasteiger partial charge on any atom is 0.248 e. The summed E-state index contributed by atoms with van der Waals surface area (Å²) in [6.45, 7) is 1.27. The van der Waals surface area contributed by atoms with Crippen molar-refractivity contribution in [1.82, 2.24) is 15.3 Å². The van der Waals surface area contributed by atoms with Gasteiger partial charge >= 0.3 is 0 Å². The number of pyridine rings is 1. The van der Waals surface area contributed by atoms with Gasteiger partial charge in [0.2, 0.25) is 5.91 Å². The van der Waals surface area contributed by atoms with E-state index in [1.165, 1.54) is 0 Å². The van der Waals surface area contributed by atoms with Crippen LogP contribution < -0.4 is 11.3 Å². The summed E-state index contributed by atoms with van der Waals surface area (Å²) in [5.74, 6) is 4.77. The molecule has 0 saturated heterocycles. The standard InChI is InChI=1S/C11H15N5O/c12-4-2-6-16(9-11(17)15-13)8-10-3-1-5-14-7-10/h1,3,5,7H,2,6,8-9,13H2,(H,15,17). The van der Waals surface area contributed by atoms with Crippen LogP contribution in [0.1, 0.15) is 12.0 Å². The van der Waals surface area contributed by atoms with Crippen molar-refractivity contribution in [3.63, 3.8) is 0 Å². The predicted octanol–water partition coefficient (Wildman–Crippen LogP) is -0.213. The fourth-order valence-corrected chi connectivity index (χ4v) is 1.42. The molecule has 6 heteroatoms. The van der Waals surface area contributed by atoms with Crippen molar-refractivity contribution < 1.29 is 4.79 Å². The third kappa shape index (κ3) is 5.06. The van der Waals surface area contributed by atoms with Crippen molar-refractivity contribution in [2.45, 2.75) is 13.0 Å². The average Bonchev–Trinajstić information content (AvgIpc) is 2.37. The van der Waals surface area contributed by atoms with Crippen molar-refractivity contribution in [2.24, 2.45) is 5.84 Å². The lowest BCUT2D eigenvalue weighted by Crippen LogP contribution is -2.40. The molecular formula is C11H15N5O. The number of rotatable bonds is 6. The molecule has 6 nitrogen and oxygen atoms in total. The largest absolute Gasteiger partial charge is 0.293 e. The fraction of sp³-hybridized carbons (Fsp3) is 0.364. The molecule has 17 heavy (non-hydrogen) atoms. The molecule has 1 heterocycles. The number of nitrogens with two attached hydrogens (primary N) is 1. The summed E-state index contributed by atoms with van der Waals surface area (Å²) < 4.78 is 0. The van der Waals surface area contributed by atoms with Crippen molar-refractivity contribution in [2.75, 3.05) is 13.1 Å². The van der Waals surface area contributed by atoms with E-state index in [-0.39, 0.29) is 12.5 Å². The Bertz CT molecular complexity index is 387. The quantitative estimate of drug-likeness (QED) is 0.402. The van der Waals surface area contributed by atoms with E-state index in [0.29, 0.717) is 19.5 Å². The Morgan fingerprint density at radius 1 is 1.65 bits per heavy atom. The number of hydrogen-bond acceptors (Lipinski definition) is 5. The van der Waals surface area contributed by atoms with Crippen LogP contribution in [0.25, 0.3) is 0 Å². The normalized spacial score (nSPS) is 9.94. The molecule has 1 aromatic heterocycles. The van der Waals surface area contributed by atoms with Crippen LogP contribution in [0, 0.1) is 11.3 Å². The number of carbonyl (C=O) groups is 1. The Balaban J connectivity index is 2.57. The minimum atomic E-state index is -0.271. The van der Waals surface area contributed by atoms with Gasteiger partial charge in [0.05, 0.1) is 12.6 Å². The third-order valence-corrected chi connectivity index (χ3v) is 2.20. The van der Waals surface area contributed by atoms with Crippen LogP contribution in [0.15, 0.2) is 24.5 Å². The van der Waals surface area contributed by atoms with Gasteiger partial charge in [-0.1, -0.05) is 6.07 Å². The summed E-state index contributed by atoms with van der Waals surface area (Å²) in [6.07, 6.45) is 3.80. The maximum atomic E-state index is 11.2. The molecule has 0 radical (unpaired) electrons. The first-order chi connectivity index (χ1) is 8.26. The Hall–Kier alpha value is -1.97. The van der Waals surface area contributed by atoms with Gasteiger partial charge in [0, 0.05) is 31.9 Å². The number of nitrogens with zero attached hydrogens (tertiary/aromatic N) is 3. The summed E-state index contributed by atoms with van der Waals surface area (Å²) >= 11 is 0. The molecule has 0 atom stereocenters. The van der Waals surface area contributed by atoms with Gasteiger partial charge < -0.3 is 0 Å². The average molecular weight is 233 g/mol. The van der Waals surface area contributed by atoms with Gasteiger partial charge in [0.15, 0.2) is 0 Å². The number of hydrogen-bond donors (Lipinski definition) is 2. The second-order valence-corrected chi connectivity index (χ2v) is 3.55. The number of nitriles is 1. The van der Waals surface area contributed by atoms with Crippen molar-refractivity contribution in [1.29, 1.82) is 5.26 Å². The molecule has 0 saturated carbocycles. The minimum absolute atomic E-state index is 0.174. The Morgan fingerprint density at radius 3 is 3.06 bits per heavy atom. The molecule has 0 aliphatic heterocycles. The molecule has 0 spiro atoms. The maximum absolute atomic E-state index is 11.2. The fourth-order valence-electron chi connectivity index (χ4n) is 1.42. The molecule has 1 amide bonds. The van der Waals surface area contributed by atoms with E-state index in [2.05, 4.69) is 16.5 Å². The highest BCUT2D eigenvalue weighted by Gasteiger charge is 2.10. The highest BCUT2D eigenvalue weighted by atomic mass is 16.2. The van der Waals surface area contributed by atoms with Crippen LogP contribution in [0.4, 0.5) is 0 Å². The van der Waals surface area contributed by atoms with Gasteiger partial charge in [-0.05, 0) is 11.6 Å². The van der Waals surface area contributed by atoms with E-state index in [9.17, 15) is 4.79 Å². The summed E-state index contributed by atoms with van der Waals surface area (Å²) in [7, 11) is 0. The van der Waals surface area contributed by atoms with E-state index in [4.69, 9.17) is 11.1 Å². The third-order valence-electron chi connectivity index (χ3n) is 2.20. The molecule has 0 unspecified atom stereocenters. The molecule has 1 aromatic rings.